The highest BCUT2D eigenvalue weighted by molar-refractivity contribution is 6.39. The van der Waals surface area contributed by atoms with Crippen LogP contribution in [-0.4, -0.2) is 29.6 Å². The summed E-state index contributed by atoms with van der Waals surface area (Å²) < 4.78 is 13.6. The molecular formula is C18H19FN2O3. The topological polar surface area (TPSA) is 78.4 Å². The second kappa shape index (κ2) is 8.21. The number of hydrogen-bond acceptors (Lipinski definition) is 3. The van der Waals surface area contributed by atoms with Gasteiger partial charge in [-0.15, -0.1) is 0 Å². The molecule has 0 aliphatic rings. The number of carbonyl (C=O) groups excluding carboxylic acids is 2. The number of aryl methyl sites for hydroxylation is 1. The summed E-state index contributed by atoms with van der Waals surface area (Å²) in [6.07, 6.45) is -0.463. The Kier molecular flexibility index (Phi) is 6.03. The molecule has 126 valence electrons. The van der Waals surface area contributed by atoms with Gasteiger partial charge in [-0.1, -0.05) is 36.4 Å². The van der Waals surface area contributed by atoms with E-state index >= 15 is 0 Å². The van der Waals surface area contributed by atoms with Crippen LogP contribution in [0.1, 0.15) is 11.1 Å². The van der Waals surface area contributed by atoms with E-state index in [1.54, 1.807) is 13.0 Å². The maximum Gasteiger partial charge on any atom is 0.313 e. The zero-order valence-corrected chi connectivity index (χ0v) is 13.3. The molecule has 0 aromatic heterocycles. The van der Waals surface area contributed by atoms with E-state index in [-0.39, 0.29) is 12.2 Å². The third-order valence-corrected chi connectivity index (χ3v) is 3.39. The normalized spacial score (nSPS) is 11.6. The van der Waals surface area contributed by atoms with Crippen molar-refractivity contribution in [3.63, 3.8) is 0 Å². The summed E-state index contributed by atoms with van der Waals surface area (Å²) in [5, 5.41) is 14.4. The quantitative estimate of drug-likeness (QED) is 0.732. The first-order valence-corrected chi connectivity index (χ1v) is 7.53. The molecule has 2 aromatic carbocycles. The molecule has 0 aliphatic heterocycles. The molecule has 24 heavy (non-hydrogen) atoms. The average Bonchev–Trinajstić information content (AvgIpc) is 2.56. The van der Waals surface area contributed by atoms with E-state index in [0.717, 1.165) is 5.56 Å². The third kappa shape index (κ3) is 5.17. The van der Waals surface area contributed by atoms with E-state index in [1.807, 2.05) is 30.3 Å². The molecule has 0 aliphatic carbocycles. The van der Waals surface area contributed by atoms with Crippen LogP contribution in [0.4, 0.5) is 10.1 Å². The number of rotatable bonds is 5. The van der Waals surface area contributed by atoms with Crippen molar-refractivity contribution >= 4 is 17.5 Å². The number of aliphatic hydroxyl groups is 1. The van der Waals surface area contributed by atoms with Crippen molar-refractivity contribution in [2.45, 2.75) is 19.4 Å². The first kappa shape index (κ1) is 17.6. The van der Waals surface area contributed by atoms with Crippen LogP contribution >= 0.6 is 0 Å². The number of nitrogens with one attached hydrogen (secondary N) is 2. The van der Waals surface area contributed by atoms with E-state index in [1.165, 1.54) is 12.1 Å². The van der Waals surface area contributed by atoms with Gasteiger partial charge in [0.1, 0.15) is 5.82 Å². The van der Waals surface area contributed by atoms with Gasteiger partial charge in [-0.05, 0) is 30.2 Å². The van der Waals surface area contributed by atoms with Crippen molar-refractivity contribution in [2.24, 2.45) is 0 Å². The fourth-order valence-electron chi connectivity index (χ4n) is 2.15. The van der Waals surface area contributed by atoms with E-state index in [4.69, 9.17) is 0 Å². The van der Waals surface area contributed by atoms with E-state index < -0.39 is 23.7 Å². The minimum Gasteiger partial charge on any atom is -0.391 e. The monoisotopic (exact) mass is 330 g/mol. The van der Waals surface area contributed by atoms with Gasteiger partial charge in [-0.2, -0.15) is 0 Å². The molecule has 0 saturated heterocycles. The van der Waals surface area contributed by atoms with E-state index in [9.17, 15) is 19.1 Å². The molecule has 0 spiro atoms. The SMILES string of the molecule is Cc1ccc(NC(=O)C(=O)NCC(O)Cc2ccccc2)c(F)c1. The molecule has 2 amide bonds. The third-order valence-electron chi connectivity index (χ3n) is 3.39. The Labute approximate surface area is 139 Å². The Morgan fingerprint density at radius 2 is 1.83 bits per heavy atom. The number of hydrogen-bond donors (Lipinski definition) is 3. The predicted molar refractivity (Wildman–Crippen MR) is 88.9 cm³/mol. The van der Waals surface area contributed by atoms with Gasteiger partial charge >= 0.3 is 11.8 Å². The van der Waals surface area contributed by atoms with Gasteiger partial charge in [-0.3, -0.25) is 9.59 Å². The van der Waals surface area contributed by atoms with Crippen LogP contribution in [0.2, 0.25) is 0 Å². The summed E-state index contributed by atoms with van der Waals surface area (Å²) in [4.78, 5) is 23.5. The molecule has 0 saturated carbocycles. The zero-order chi connectivity index (χ0) is 17.5. The van der Waals surface area contributed by atoms with Crippen LogP contribution < -0.4 is 10.6 Å². The maximum atomic E-state index is 13.6. The fraction of sp³-hybridized carbons (Fsp3) is 0.222. The van der Waals surface area contributed by atoms with E-state index in [0.29, 0.717) is 12.0 Å². The molecule has 3 N–H and O–H groups in total. The number of amides is 2. The maximum absolute atomic E-state index is 13.6. The van der Waals surface area contributed by atoms with Crippen LogP contribution in [0.3, 0.4) is 0 Å². The van der Waals surface area contributed by atoms with Gasteiger partial charge in [0.05, 0.1) is 11.8 Å². The van der Waals surface area contributed by atoms with Crippen molar-refractivity contribution in [1.82, 2.24) is 5.32 Å². The van der Waals surface area contributed by atoms with Gasteiger partial charge in [0, 0.05) is 13.0 Å². The molecule has 0 fully saturated rings. The number of halogens is 1. The Morgan fingerprint density at radius 3 is 2.50 bits per heavy atom. The molecule has 2 rings (SSSR count). The molecule has 1 unspecified atom stereocenters. The lowest BCUT2D eigenvalue weighted by Crippen LogP contribution is -2.40. The lowest BCUT2D eigenvalue weighted by molar-refractivity contribution is -0.136. The van der Waals surface area contributed by atoms with Gasteiger partial charge in [-0.25, -0.2) is 4.39 Å². The fourth-order valence-corrected chi connectivity index (χ4v) is 2.15. The highest BCUT2D eigenvalue weighted by Crippen LogP contribution is 2.14. The Hall–Kier alpha value is -2.73. The molecule has 1 atom stereocenters. The van der Waals surface area contributed by atoms with Crippen molar-refractivity contribution in [1.29, 1.82) is 0 Å². The summed E-state index contributed by atoms with van der Waals surface area (Å²) in [6.45, 7) is 1.65. The minimum absolute atomic E-state index is 0.0643. The van der Waals surface area contributed by atoms with Gasteiger partial charge in [0.15, 0.2) is 0 Å². The van der Waals surface area contributed by atoms with Crippen LogP contribution in [0, 0.1) is 12.7 Å². The number of aliphatic hydroxyl groups excluding tert-OH is 1. The number of carbonyl (C=O) groups is 2. The predicted octanol–water partition coefficient (Wildman–Crippen LogP) is 1.79. The van der Waals surface area contributed by atoms with Crippen molar-refractivity contribution in [3.05, 3.63) is 65.5 Å². The van der Waals surface area contributed by atoms with Crippen molar-refractivity contribution < 1.29 is 19.1 Å². The molecule has 0 radical (unpaired) electrons. The Bertz CT molecular complexity index is 719. The zero-order valence-electron chi connectivity index (χ0n) is 13.3. The Morgan fingerprint density at radius 1 is 1.12 bits per heavy atom. The molecule has 0 heterocycles. The second-order valence-electron chi connectivity index (χ2n) is 5.49. The first-order chi connectivity index (χ1) is 11.5. The first-order valence-electron chi connectivity index (χ1n) is 7.53. The summed E-state index contributed by atoms with van der Waals surface area (Å²) in [7, 11) is 0. The second-order valence-corrected chi connectivity index (χ2v) is 5.49. The molecule has 6 heteroatoms. The van der Waals surface area contributed by atoms with Crippen LogP contribution in [0.25, 0.3) is 0 Å². The summed E-state index contributed by atoms with van der Waals surface area (Å²) >= 11 is 0. The number of anilines is 1. The van der Waals surface area contributed by atoms with Gasteiger partial charge in [0.25, 0.3) is 0 Å². The highest BCUT2D eigenvalue weighted by atomic mass is 19.1. The van der Waals surface area contributed by atoms with Crippen molar-refractivity contribution in [2.75, 3.05) is 11.9 Å². The van der Waals surface area contributed by atoms with Gasteiger partial charge in [0.2, 0.25) is 0 Å². The highest BCUT2D eigenvalue weighted by Gasteiger charge is 2.17. The lowest BCUT2D eigenvalue weighted by Gasteiger charge is -2.12. The lowest BCUT2D eigenvalue weighted by atomic mass is 10.1. The van der Waals surface area contributed by atoms with E-state index in [2.05, 4.69) is 10.6 Å². The summed E-state index contributed by atoms with van der Waals surface area (Å²) in [5.41, 5.74) is 1.56. The molecular weight excluding hydrogens is 311 g/mol. The Balaban J connectivity index is 1.82. The van der Waals surface area contributed by atoms with Gasteiger partial charge < -0.3 is 15.7 Å². The standard InChI is InChI=1S/C18H19FN2O3/c1-12-7-8-16(15(19)9-12)21-18(24)17(23)20-11-14(22)10-13-5-3-2-4-6-13/h2-9,14,22H,10-11H2,1H3,(H,20,23)(H,21,24). The van der Waals surface area contributed by atoms with Crippen molar-refractivity contribution in [3.8, 4) is 0 Å². The van der Waals surface area contributed by atoms with Crippen LogP contribution in [-0.2, 0) is 16.0 Å². The largest absolute Gasteiger partial charge is 0.391 e. The number of benzene rings is 2. The molecule has 5 nitrogen and oxygen atoms in total. The smallest absolute Gasteiger partial charge is 0.313 e. The average molecular weight is 330 g/mol. The minimum atomic E-state index is -0.982. The van der Waals surface area contributed by atoms with Crippen LogP contribution in [0.5, 0.6) is 0 Å². The van der Waals surface area contributed by atoms with Crippen LogP contribution in [0.15, 0.2) is 48.5 Å². The molecule has 0 bridgehead atoms. The summed E-state index contributed by atoms with van der Waals surface area (Å²) in [5.74, 6) is -2.52. The summed E-state index contributed by atoms with van der Waals surface area (Å²) in [6, 6.07) is 13.6. The molecule has 2 aromatic rings.